The van der Waals surface area contributed by atoms with Gasteiger partial charge in [0.2, 0.25) is 0 Å². The highest BCUT2D eigenvalue weighted by Crippen LogP contribution is 2.34. The van der Waals surface area contributed by atoms with Crippen LogP contribution in [0.4, 0.5) is 15.9 Å². The van der Waals surface area contributed by atoms with Crippen LogP contribution < -0.4 is 10.3 Å². The molecule has 1 atom stereocenters. The third kappa shape index (κ3) is 4.31. The Hall–Kier alpha value is -3.94. The minimum absolute atomic E-state index is 0.0949. The normalized spacial score (nSPS) is 17.1. The lowest BCUT2D eigenvalue weighted by Gasteiger charge is -2.26. The van der Waals surface area contributed by atoms with Crippen molar-refractivity contribution < 1.29 is 13.9 Å². The summed E-state index contributed by atoms with van der Waals surface area (Å²) in [5, 5.41) is 15.3. The molecule has 3 heterocycles. The molecule has 0 radical (unpaired) electrons. The van der Waals surface area contributed by atoms with Crippen LogP contribution in [0.25, 0.3) is 11.3 Å². The number of para-hydroxylation sites is 1. The van der Waals surface area contributed by atoms with Gasteiger partial charge in [0.15, 0.2) is 0 Å². The van der Waals surface area contributed by atoms with E-state index in [4.69, 9.17) is 14.9 Å². The van der Waals surface area contributed by atoms with Gasteiger partial charge in [-0.3, -0.25) is 9.80 Å². The van der Waals surface area contributed by atoms with Gasteiger partial charge in [0.1, 0.15) is 17.3 Å². The second kappa shape index (κ2) is 9.13. The fourth-order valence-electron chi connectivity index (χ4n) is 4.33. The van der Waals surface area contributed by atoms with Crippen molar-refractivity contribution in [1.29, 1.82) is 0 Å². The van der Waals surface area contributed by atoms with Gasteiger partial charge < -0.3 is 10.1 Å². The first kappa shape index (κ1) is 21.9. The van der Waals surface area contributed by atoms with Gasteiger partial charge in [0.05, 0.1) is 36.7 Å². The fourth-order valence-corrected chi connectivity index (χ4v) is 4.33. The van der Waals surface area contributed by atoms with E-state index in [1.165, 1.54) is 19.1 Å². The van der Waals surface area contributed by atoms with Crippen LogP contribution in [-0.2, 0) is 16.1 Å². The van der Waals surface area contributed by atoms with Crippen molar-refractivity contribution in [3.8, 4) is 11.3 Å². The first-order valence-corrected chi connectivity index (χ1v) is 11.3. The molecule has 0 saturated carbocycles. The molecule has 3 aromatic rings. The zero-order chi connectivity index (χ0) is 23.7. The number of hydrogen-bond acceptors (Lipinski definition) is 6. The fraction of sp³-hybridized carbons (Fsp3) is 0.269. The first-order valence-electron chi connectivity index (χ1n) is 11.3. The zero-order valence-electron chi connectivity index (χ0n) is 19.2. The minimum Gasteiger partial charge on any atom is -0.465 e. The molecule has 1 unspecified atom stereocenters. The lowest BCUT2D eigenvalue weighted by molar-refractivity contribution is -0.142. The molecule has 0 spiro atoms. The molecule has 2 aromatic carbocycles. The molecule has 7 nitrogen and oxygen atoms in total. The number of esters is 1. The van der Waals surface area contributed by atoms with Gasteiger partial charge in [-0.25, -0.2) is 9.07 Å². The van der Waals surface area contributed by atoms with Gasteiger partial charge >= 0.3 is 5.97 Å². The van der Waals surface area contributed by atoms with E-state index in [-0.39, 0.29) is 17.7 Å². The Balaban J connectivity index is 1.57. The van der Waals surface area contributed by atoms with E-state index < -0.39 is 0 Å². The number of fused-ring (bicyclic) bond motifs is 1. The van der Waals surface area contributed by atoms with Gasteiger partial charge in [0, 0.05) is 24.9 Å². The molecule has 2 aliphatic heterocycles. The van der Waals surface area contributed by atoms with Crippen LogP contribution in [0.2, 0.25) is 0 Å². The molecule has 0 aliphatic carbocycles. The molecule has 0 saturated heterocycles. The van der Waals surface area contributed by atoms with Crippen molar-refractivity contribution in [3.05, 3.63) is 77.6 Å². The lowest BCUT2D eigenvalue weighted by Crippen LogP contribution is -2.32. The highest BCUT2D eigenvalue weighted by atomic mass is 19.1. The highest BCUT2D eigenvalue weighted by molar-refractivity contribution is 6.16. The molecule has 34 heavy (non-hydrogen) atoms. The van der Waals surface area contributed by atoms with Crippen molar-refractivity contribution >= 4 is 23.2 Å². The number of nitrogens with zero attached hydrogens (tertiary/aromatic N) is 4. The van der Waals surface area contributed by atoms with Crippen molar-refractivity contribution in [2.24, 2.45) is 11.0 Å². The summed E-state index contributed by atoms with van der Waals surface area (Å²) in [5.74, 6) is 0.359. The Labute approximate surface area is 197 Å². The number of rotatable bonds is 5. The van der Waals surface area contributed by atoms with Crippen LogP contribution >= 0.6 is 0 Å². The number of aryl methyl sites for hydroxylation is 1. The number of allylic oxidation sites excluding steroid dienone is 1. The average molecular weight is 460 g/mol. The van der Waals surface area contributed by atoms with Gasteiger partial charge in [0.25, 0.3) is 0 Å². The molecule has 1 aromatic heterocycles. The third-order valence-corrected chi connectivity index (χ3v) is 6.01. The van der Waals surface area contributed by atoms with Crippen LogP contribution in [0.15, 0.2) is 65.8 Å². The van der Waals surface area contributed by atoms with E-state index in [9.17, 15) is 9.18 Å². The number of halogens is 1. The van der Waals surface area contributed by atoms with Gasteiger partial charge in [-0.05, 0) is 48.9 Å². The number of aromatic nitrogens is 2. The molecule has 0 bridgehead atoms. The van der Waals surface area contributed by atoms with Crippen molar-refractivity contribution in [3.63, 3.8) is 0 Å². The molecule has 0 fully saturated rings. The molecule has 8 heteroatoms. The first-order chi connectivity index (χ1) is 16.5. The van der Waals surface area contributed by atoms with E-state index in [2.05, 4.69) is 30.4 Å². The number of carbonyl (C=O) groups is 1. The predicted molar refractivity (Wildman–Crippen MR) is 130 cm³/mol. The maximum atomic E-state index is 13.6. The summed E-state index contributed by atoms with van der Waals surface area (Å²) in [7, 11) is 0. The summed E-state index contributed by atoms with van der Waals surface area (Å²) in [6, 6.07) is 14.5. The van der Waals surface area contributed by atoms with Crippen molar-refractivity contribution in [1.82, 2.24) is 9.78 Å². The summed E-state index contributed by atoms with van der Waals surface area (Å²) in [5.41, 5.74) is 5.37. The molecule has 5 rings (SSSR count). The van der Waals surface area contributed by atoms with E-state index in [0.717, 1.165) is 39.6 Å². The topological polar surface area (TPSA) is 71.8 Å². The van der Waals surface area contributed by atoms with E-state index >= 15 is 0 Å². The van der Waals surface area contributed by atoms with Crippen LogP contribution in [0.3, 0.4) is 0 Å². The van der Waals surface area contributed by atoms with E-state index in [1.54, 1.807) is 12.1 Å². The second-order valence-corrected chi connectivity index (χ2v) is 8.57. The SMILES string of the molecule is CC(=O)OCC1CNc2c(C3=NN(c4ccccc4C)CC=C3)c(-c3ccc(F)cc3)nn2C1. The van der Waals surface area contributed by atoms with Crippen LogP contribution in [0, 0.1) is 18.7 Å². The molecular weight excluding hydrogens is 433 g/mol. The molecule has 2 aliphatic rings. The maximum Gasteiger partial charge on any atom is 0.302 e. The summed E-state index contributed by atoms with van der Waals surface area (Å²) in [6.07, 6.45) is 4.09. The van der Waals surface area contributed by atoms with E-state index in [0.29, 0.717) is 26.2 Å². The molecule has 1 N–H and O–H groups in total. The lowest BCUT2D eigenvalue weighted by atomic mass is 10.0. The van der Waals surface area contributed by atoms with Crippen molar-refractivity contribution in [2.45, 2.75) is 20.4 Å². The standard InChI is InChI=1S/C26H26FN5O2/c1-17-6-3-4-8-23(17)31-13-5-7-22(29-31)24-25(20-9-11-21(27)12-10-20)30-32-15-19(14-28-26(24)32)16-34-18(2)33/h3-12,19,28H,13-16H2,1-2H3. The number of anilines is 2. The smallest absolute Gasteiger partial charge is 0.302 e. The quantitative estimate of drug-likeness (QED) is 0.574. The largest absolute Gasteiger partial charge is 0.465 e. The second-order valence-electron chi connectivity index (χ2n) is 8.57. The summed E-state index contributed by atoms with van der Waals surface area (Å²) in [6.45, 7) is 5.72. The zero-order valence-corrected chi connectivity index (χ0v) is 19.2. The number of hydrazone groups is 1. The Morgan fingerprint density at radius 1 is 1.21 bits per heavy atom. The van der Waals surface area contributed by atoms with E-state index in [1.807, 2.05) is 27.9 Å². The Kier molecular flexibility index (Phi) is 5.88. The Morgan fingerprint density at radius 3 is 2.76 bits per heavy atom. The van der Waals surface area contributed by atoms with Gasteiger partial charge in [-0.2, -0.15) is 10.2 Å². The monoisotopic (exact) mass is 459 g/mol. The van der Waals surface area contributed by atoms with Gasteiger partial charge in [-0.1, -0.05) is 24.3 Å². The maximum absolute atomic E-state index is 13.6. The third-order valence-electron chi connectivity index (χ3n) is 6.01. The minimum atomic E-state index is -0.297. The van der Waals surface area contributed by atoms with Gasteiger partial charge in [-0.15, -0.1) is 0 Å². The molecule has 174 valence electrons. The predicted octanol–water partition coefficient (Wildman–Crippen LogP) is 4.38. The van der Waals surface area contributed by atoms with Crippen LogP contribution in [0.1, 0.15) is 18.1 Å². The Bertz CT molecular complexity index is 1280. The van der Waals surface area contributed by atoms with Crippen LogP contribution in [0.5, 0.6) is 0 Å². The summed E-state index contributed by atoms with van der Waals surface area (Å²) >= 11 is 0. The molecule has 0 amide bonds. The average Bonchev–Trinajstić information content (AvgIpc) is 3.22. The summed E-state index contributed by atoms with van der Waals surface area (Å²) in [4.78, 5) is 11.3. The van der Waals surface area contributed by atoms with Crippen LogP contribution in [-0.4, -0.2) is 41.2 Å². The number of hydrogen-bond donors (Lipinski definition) is 1. The number of carbonyl (C=O) groups excluding carboxylic acids is 1. The number of benzene rings is 2. The number of ether oxygens (including phenoxy) is 1. The Morgan fingerprint density at radius 2 is 2.00 bits per heavy atom. The molecular formula is C26H26FN5O2. The van der Waals surface area contributed by atoms with Crippen molar-refractivity contribution in [2.75, 3.05) is 30.0 Å². The summed E-state index contributed by atoms with van der Waals surface area (Å²) < 4.78 is 20.8. The highest BCUT2D eigenvalue weighted by Gasteiger charge is 2.29. The number of nitrogens with one attached hydrogen (secondary N) is 1.